The summed E-state index contributed by atoms with van der Waals surface area (Å²) in [5, 5.41) is 0. The molecule has 162 valence electrons. The average molecular weight is 422 g/mol. The fourth-order valence-electron chi connectivity index (χ4n) is 3.55. The number of hydrogen-bond acceptors (Lipinski definition) is 6. The Hall–Kier alpha value is -2.88. The Kier molecular flexibility index (Phi) is 6.45. The highest BCUT2D eigenvalue weighted by Gasteiger charge is 2.33. The smallest absolute Gasteiger partial charge is 0.406 e. The quantitative estimate of drug-likeness (QED) is 0.664. The third-order valence-corrected chi connectivity index (χ3v) is 4.97. The zero-order chi connectivity index (χ0) is 21.8. The van der Waals surface area contributed by atoms with Crippen molar-refractivity contribution >= 4 is 17.0 Å². The van der Waals surface area contributed by atoms with Crippen molar-refractivity contribution in [3.63, 3.8) is 0 Å². The third-order valence-electron chi connectivity index (χ3n) is 4.97. The number of halogens is 3. The number of benzene rings is 1. The molecule has 1 fully saturated rings. The number of ether oxygens (including phenoxy) is 1. The maximum Gasteiger partial charge on any atom is 0.573 e. The number of nitrogens with one attached hydrogen (secondary N) is 1. The molecular weight excluding hydrogens is 397 g/mol. The van der Waals surface area contributed by atoms with Crippen molar-refractivity contribution in [1.29, 1.82) is 0 Å². The number of imidazole rings is 1. The monoisotopic (exact) mass is 422 g/mol. The van der Waals surface area contributed by atoms with Gasteiger partial charge in [0.25, 0.3) is 0 Å². The Bertz CT molecular complexity index is 949. The summed E-state index contributed by atoms with van der Waals surface area (Å²) >= 11 is 0. The molecular formula is C20H25F3N6O. The van der Waals surface area contributed by atoms with Crippen LogP contribution >= 0.6 is 0 Å². The van der Waals surface area contributed by atoms with Gasteiger partial charge >= 0.3 is 6.36 Å². The van der Waals surface area contributed by atoms with Gasteiger partial charge in [-0.1, -0.05) is 26.0 Å². The van der Waals surface area contributed by atoms with Gasteiger partial charge in [-0.15, -0.1) is 13.2 Å². The molecule has 7 nitrogen and oxygen atoms in total. The fraction of sp³-hybridized carbons (Fsp3) is 0.450. The van der Waals surface area contributed by atoms with Crippen LogP contribution in [0.5, 0.6) is 5.75 Å². The Morgan fingerprint density at radius 2 is 1.77 bits per heavy atom. The summed E-state index contributed by atoms with van der Waals surface area (Å²) in [6.07, 6.45) is 0.432. The molecule has 0 atom stereocenters. The van der Waals surface area contributed by atoms with E-state index in [1.54, 1.807) is 18.5 Å². The maximum atomic E-state index is 12.3. The molecule has 3 heterocycles. The van der Waals surface area contributed by atoms with Crippen LogP contribution in [0.15, 0.2) is 36.9 Å². The summed E-state index contributed by atoms with van der Waals surface area (Å²) in [5.74, 6) is 0.572. The first kappa shape index (κ1) is 21.8. The minimum absolute atomic E-state index is 0.232. The van der Waals surface area contributed by atoms with Crippen molar-refractivity contribution in [1.82, 2.24) is 19.9 Å². The largest absolute Gasteiger partial charge is 0.573 e. The van der Waals surface area contributed by atoms with Gasteiger partial charge in [-0.2, -0.15) is 0 Å². The van der Waals surface area contributed by atoms with E-state index in [0.29, 0.717) is 12.1 Å². The van der Waals surface area contributed by atoms with E-state index in [9.17, 15) is 13.2 Å². The first-order valence-corrected chi connectivity index (χ1v) is 9.84. The lowest BCUT2D eigenvalue weighted by Crippen LogP contribution is -2.52. The van der Waals surface area contributed by atoms with Gasteiger partial charge in [0.2, 0.25) is 0 Å². The van der Waals surface area contributed by atoms with E-state index in [-0.39, 0.29) is 5.75 Å². The van der Waals surface area contributed by atoms with Gasteiger partial charge < -0.3 is 20.4 Å². The highest BCUT2D eigenvalue weighted by Crippen LogP contribution is 2.30. The number of aromatic nitrogens is 4. The maximum absolute atomic E-state index is 12.3. The summed E-state index contributed by atoms with van der Waals surface area (Å²) in [6.45, 7) is 5.44. The molecule has 0 saturated carbocycles. The van der Waals surface area contributed by atoms with E-state index in [1.807, 2.05) is 13.8 Å². The summed E-state index contributed by atoms with van der Waals surface area (Å²) < 4.78 is 40.7. The molecule has 10 heteroatoms. The number of fused-ring (bicyclic) bond motifs is 1. The third kappa shape index (κ3) is 5.18. The van der Waals surface area contributed by atoms with Crippen molar-refractivity contribution in [3.05, 3.63) is 42.5 Å². The van der Waals surface area contributed by atoms with Crippen LogP contribution in [0.3, 0.4) is 0 Å². The molecule has 2 aromatic heterocycles. The number of piperidine rings is 1. The molecule has 3 aromatic rings. The minimum atomic E-state index is -4.69. The van der Waals surface area contributed by atoms with Gasteiger partial charge in [0.15, 0.2) is 11.5 Å². The lowest BCUT2D eigenvalue weighted by molar-refractivity contribution is -0.274. The normalized spacial score (nSPS) is 16.1. The van der Waals surface area contributed by atoms with Gasteiger partial charge in [0.05, 0.1) is 6.33 Å². The second-order valence-corrected chi connectivity index (χ2v) is 7.02. The van der Waals surface area contributed by atoms with Crippen molar-refractivity contribution in [2.24, 2.45) is 5.73 Å². The van der Waals surface area contributed by atoms with Crippen LogP contribution in [0.25, 0.3) is 11.2 Å². The molecule has 0 spiro atoms. The number of nitrogens with zero attached hydrogens (tertiary/aromatic N) is 4. The Labute approximate surface area is 172 Å². The Balaban J connectivity index is 0.00000124. The molecule has 3 N–H and O–H groups in total. The zero-order valence-electron chi connectivity index (χ0n) is 16.9. The van der Waals surface area contributed by atoms with Crippen LogP contribution < -0.4 is 15.4 Å². The Morgan fingerprint density at radius 3 is 2.40 bits per heavy atom. The van der Waals surface area contributed by atoms with Gasteiger partial charge in [0, 0.05) is 18.6 Å². The molecule has 0 radical (unpaired) electrons. The molecule has 1 saturated heterocycles. The highest BCUT2D eigenvalue weighted by atomic mass is 19.4. The van der Waals surface area contributed by atoms with E-state index in [4.69, 9.17) is 5.73 Å². The topological polar surface area (TPSA) is 93.0 Å². The summed E-state index contributed by atoms with van der Waals surface area (Å²) in [4.78, 5) is 17.9. The molecule has 0 aliphatic carbocycles. The summed E-state index contributed by atoms with van der Waals surface area (Å²) in [7, 11) is 0. The minimum Gasteiger partial charge on any atom is -0.406 e. The van der Waals surface area contributed by atoms with Crippen molar-refractivity contribution in [2.45, 2.75) is 45.0 Å². The molecule has 4 rings (SSSR count). The van der Waals surface area contributed by atoms with Crippen LogP contribution in [-0.2, 0) is 6.42 Å². The molecule has 1 aromatic carbocycles. The van der Waals surface area contributed by atoms with Crippen LogP contribution in [0.1, 0.15) is 32.3 Å². The molecule has 1 aliphatic rings. The number of rotatable bonds is 4. The lowest BCUT2D eigenvalue weighted by Gasteiger charge is -2.40. The van der Waals surface area contributed by atoms with E-state index >= 15 is 0 Å². The number of H-pyrrole nitrogens is 1. The zero-order valence-corrected chi connectivity index (χ0v) is 16.9. The average Bonchev–Trinajstić information content (AvgIpc) is 3.20. The first-order valence-electron chi connectivity index (χ1n) is 9.84. The molecule has 1 aliphatic heterocycles. The summed E-state index contributed by atoms with van der Waals surface area (Å²) in [5.41, 5.74) is 8.44. The van der Waals surface area contributed by atoms with Crippen LogP contribution in [0.4, 0.5) is 19.0 Å². The van der Waals surface area contributed by atoms with Gasteiger partial charge in [-0.3, -0.25) is 0 Å². The number of hydrogen-bond donors (Lipinski definition) is 2. The first-order chi connectivity index (χ1) is 14.3. The highest BCUT2D eigenvalue weighted by molar-refractivity contribution is 5.82. The van der Waals surface area contributed by atoms with Crippen LogP contribution in [-0.4, -0.2) is 44.9 Å². The SMILES string of the molecule is CC.NC1(Cc2ccc(OC(F)(F)F)cc2)CCN(c2ncnc3nc[nH]c23)CC1. The van der Waals surface area contributed by atoms with E-state index in [2.05, 4.69) is 29.6 Å². The van der Waals surface area contributed by atoms with E-state index in [1.165, 1.54) is 18.5 Å². The molecule has 0 unspecified atom stereocenters. The second kappa shape index (κ2) is 8.86. The standard InChI is InChI=1S/C18H19F3N6O.C2H6/c19-18(20,21)28-13-3-1-12(2-4-13)9-17(22)5-7-27(8-6-17)16-14-15(24-10-23-14)25-11-26-16;1-2/h1-4,10-11H,5-9,22H2,(H,23,24,25,26);1-2H3. The fourth-order valence-corrected chi connectivity index (χ4v) is 3.55. The molecule has 0 bridgehead atoms. The predicted octanol–water partition coefficient (Wildman–Crippen LogP) is 3.82. The van der Waals surface area contributed by atoms with Gasteiger partial charge in [-0.25, -0.2) is 15.0 Å². The summed E-state index contributed by atoms with van der Waals surface area (Å²) in [6, 6.07) is 5.88. The number of anilines is 1. The van der Waals surface area contributed by atoms with Gasteiger partial charge in [-0.05, 0) is 37.0 Å². The van der Waals surface area contributed by atoms with Crippen molar-refractivity contribution in [2.75, 3.05) is 18.0 Å². The molecule has 0 amide bonds. The lowest BCUT2D eigenvalue weighted by atomic mass is 9.83. The molecule has 30 heavy (non-hydrogen) atoms. The number of alkyl halides is 3. The second-order valence-electron chi connectivity index (χ2n) is 7.02. The van der Waals surface area contributed by atoms with Gasteiger partial charge in [0.1, 0.15) is 17.6 Å². The van der Waals surface area contributed by atoms with E-state index < -0.39 is 11.9 Å². The predicted molar refractivity (Wildman–Crippen MR) is 108 cm³/mol. The Morgan fingerprint density at radius 1 is 1.10 bits per heavy atom. The van der Waals surface area contributed by atoms with Crippen molar-refractivity contribution < 1.29 is 17.9 Å². The number of nitrogens with two attached hydrogens (primary N) is 1. The number of aromatic amines is 1. The van der Waals surface area contributed by atoms with Crippen molar-refractivity contribution in [3.8, 4) is 5.75 Å². The van der Waals surface area contributed by atoms with Crippen LogP contribution in [0, 0.1) is 0 Å². The van der Waals surface area contributed by atoms with Crippen LogP contribution in [0.2, 0.25) is 0 Å². The van der Waals surface area contributed by atoms with E-state index in [0.717, 1.165) is 42.8 Å².